The van der Waals surface area contributed by atoms with Crippen LogP contribution in [-0.4, -0.2) is 25.9 Å². The van der Waals surface area contributed by atoms with Crippen LogP contribution in [0.5, 0.6) is 0 Å². The first kappa shape index (κ1) is 20.2. The van der Waals surface area contributed by atoms with Gasteiger partial charge in [-0.05, 0) is 43.9 Å². The number of aryl methyl sites for hydroxylation is 2. The van der Waals surface area contributed by atoms with Gasteiger partial charge in [-0.15, -0.1) is 10.2 Å². The highest BCUT2D eigenvalue weighted by Crippen LogP contribution is 2.30. The molecule has 6 nitrogen and oxygen atoms in total. The molecule has 1 aromatic carbocycles. The van der Waals surface area contributed by atoms with E-state index in [9.17, 15) is 4.79 Å². The van der Waals surface area contributed by atoms with Crippen LogP contribution in [0.4, 0.5) is 5.69 Å². The van der Waals surface area contributed by atoms with E-state index < -0.39 is 0 Å². The fourth-order valence-corrected chi connectivity index (χ4v) is 3.86. The molecule has 0 saturated heterocycles. The normalized spacial score (nSPS) is 12.4. The first-order valence-corrected chi connectivity index (χ1v) is 10.2. The van der Waals surface area contributed by atoms with Gasteiger partial charge in [-0.2, -0.15) is 0 Å². The van der Waals surface area contributed by atoms with Crippen molar-refractivity contribution in [2.24, 2.45) is 7.05 Å². The van der Waals surface area contributed by atoms with Crippen molar-refractivity contribution >= 4 is 23.4 Å². The van der Waals surface area contributed by atoms with Crippen LogP contribution < -0.4 is 5.32 Å². The second kappa shape index (κ2) is 8.22. The Morgan fingerprint density at radius 3 is 2.57 bits per heavy atom. The fraction of sp³-hybridized carbons (Fsp3) is 0.381. The van der Waals surface area contributed by atoms with Gasteiger partial charge in [-0.1, -0.05) is 43.8 Å². The van der Waals surface area contributed by atoms with E-state index in [1.807, 2.05) is 50.6 Å². The zero-order valence-corrected chi connectivity index (χ0v) is 17.9. The van der Waals surface area contributed by atoms with Crippen molar-refractivity contribution in [1.29, 1.82) is 0 Å². The van der Waals surface area contributed by atoms with Gasteiger partial charge in [0.05, 0.1) is 17.1 Å². The van der Waals surface area contributed by atoms with Crippen LogP contribution in [-0.2, 0) is 11.8 Å². The average Bonchev–Trinajstić information content (AvgIpc) is 3.22. The molecule has 0 fully saturated rings. The number of hydrogen-bond donors (Lipinski definition) is 1. The Bertz CT molecular complexity index is 990. The summed E-state index contributed by atoms with van der Waals surface area (Å²) in [4.78, 5) is 12.8. The molecule has 0 unspecified atom stereocenters. The number of hydrogen-bond acceptors (Lipinski definition) is 5. The van der Waals surface area contributed by atoms with Gasteiger partial charge in [0.1, 0.15) is 5.76 Å². The summed E-state index contributed by atoms with van der Waals surface area (Å²) in [6.45, 7) is 10.0. The number of amides is 1. The van der Waals surface area contributed by atoms with Crippen molar-refractivity contribution < 1.29 is 9.21 Å². The average molecular weight is 399 g/mol. The Labute approximate surface area is 169 Å². The summed E-state index contributed by atoms with van der Waals surface area (Å²) < 4.78 is 7.25. The number of carbonyl (C=O) groups excluding carboxylic acids is 1. The second-order valence-electron chi connectivity index (χ2n) is 7.20. The molecule has 0 aliphatic carbocycles. The summed E-state index contributed by atoms with van der Waals surface area (Å²) >= 11 is 1.39. The smallest absolute Gasteiger partial charge is 0.237 e. The third kappa shape index (κ3) is 3.99. The molecule has 0 saturated carbocycles. The van der Waals surface area contributed by atoms with Crippen molar-refractivity contribution in [1.82, 2.24) is 14.8 Å². The van der Waals surface area contributed by atoms with Crippen molar-refractivity contribution in [3.05, 3.63) is 47.4 Å². The van der Waals surface area contributed by atoms with Gasteiger partial charge < -0.3 is 14.3 Å². The molecule has 3 rings (SSSR count). The van der Waals surface area contributed by atoms with Crippen LogP contribution in [0, 0.1) is 13.8 Å². The molecule has 0 radical (unpaired) electrons. The maximum atomic E-state index is 12.8. The number of thioether (sulfide) groups is 1. The summed E-state index contributed by atoms with van der Waals surface area (Å²) in [5.41, 5.74) is 4.01. The van der Waals surface area contributed by atoms with E-state index in [0.717, 1.165) is 34.0 Å². The summed E-state index contributed by atoms with van der Waals surface area (Å²) in [5, 5.41) is 12.0. The van der Waals surface area contributed by atoms with E-state index in [-0.39, 0.29) is 11.2 Å². The van der Waals surface area contributed by atoms with Crippen molar-refractivity contribution in [2.75, 3.05) is 5.32 Å². The molecule has 0 aliphatic heterocycles. The van der Waals surface area contributed by atoms with Gasteiger partial charge >= 0.3 is 0 Å². The molecule has 2 aromatic heterocycles. The number of anilines is 1. The standard InChI is InChI=1S/C21H26N4O2S/c1-12(2)16-9-7-8-13(3)18(16)22-20(26)15(5)28-21-24-23-19(25(21)6)17-10-11-27-14(17)4/h7-12,15H,1-6H3,(H,22,26)/t15-/m0/s1. The van der Waals surface area contributed by atoms with Crippen molar-refractivity contribution in [2.45, 2.75) is 50.9 Å². The predicted molar refractivity (Wildman–Crippen MR) is 113 cm³/mol. The number of para-hydroxylation sites is 1. The molecular weight excluding hydrogens is 372 g/mol. The predicted octanol–water partition coefficient (Wildman–Crippen LogP) is 4.93. The molecule has 148 valence electrons. The Hall–Kier alpha value is -2.54. The van der Waals surface area contributed by atoms with Crippen molar-refractivity contribution in [3.8, 4) is 11.4 Å². The zero-order chi connectivity index (χ0) is 20.4. The lowest BCUT2D eigenvalue weighted by atomic mass is 9.98. The Morgan fingerprint density at radius 1 is 1.18 bits per heavy atom. The summed E-state index contributed by atoms with van der Waals surface area (Å²) in [5.74, 6) is 1.80. The maximum absolute atomic E-state index is 12.8. The van der Waals surface area contributed by atoms with Gasteiger partial charge in [-0.25, -0.2) is 0 Å². The van der Waals surface area contributed by atoms with Gasteiger partial charge in [0.15, 0.2) is 11.0 Å². The quantitative estimate of drug-likeness (QED) is 0.596. The molecule has 1 amide bonds. The first-order chi connectivity index (χ1) is 13.3. The van der Waals surface area contributed by atoms with E-state index >= 15 is 0 Å². The lowest BCUT2D eigenvalue weighted by molar-refractivity contribution is -0.115. The third-order valence-corrected chi connectivity index (χ3v) is 5.90. The minimum absolute atomic E-state index is 0.0507. The number of aromatic nitrogens is 3. The molecular formula is C21H26N4O2S. The fourth-order valence-electron chi connectivity index (χ4n) is 3.05. The number of nitrogens with one attached hydrogen (secondary N) is 1. The highest BCUT2D eigenvalue weighted by atomic mass is 32.2. The lowest BCUT2D eigenvalue weighted by Crippen LogP contribution is -2.24. The topological polar surface area (TPSA) is 73.0 Å². The van der Waals surface area contributed by atoms with E-state index in [4.69, 9.17) is 4.42 Å². The Balaban J connectivity index is 1.76. The Morgan fingerprint density at radius 2 is 1.93 bits per heavy atom. The van der Waals surface area contributed by atoms with Gasteiger partial charge in [0.2, 0.25) is 5.91 Å². The van der Waals surface area contributed by atoms with E-state index in [1.54, 1.807) is 6.26 Å². The second-order valence-corrected chi connectivity index (χ2v) is 8.51. The monoisotopic (exact) mass is 398 g/mol. The Kier molecular flexibility index (Phi) is 5.93. The van der Waals surface area contributed by atoms with E-state index in [2.05, 4.69) is 35.4 Å². The summed E-state index contributed by atoms with van der Waals surface area (Å²) in [7, 11) is 1.90. The van der Waals surface area contributed by atoms with Crippen LogP contribution in [0.2, 0.25) is 0 Å². The van der Waals surface area contributed by atoms with Gasteiger partial charge in [-0.3, -0.25) is 4.79 Å². The van der Waals surface area contributed by atoms with E-state index in [1.165, 1.54) is 11.8 Å². The molecule has 1 N–H and O–H groups in total. The number of furan rings is 1. The molecule has 0 aliphatic rings. The molecule has 28 heavy (non-hydrogen) atoms. The number of carbonyl (C=O) groups is 1. The zero-order valence-electron chi connectivity index (χ0n) is 17.1. The highest BCUT2D eigenvalue weighted by Gasteiger charge is 2.22. The number of rotatable bonds is 6. The molecule has 0 spiro atoms. The minimum atomic E-state index is -0.319. The molecule has 3 aromatic rings. The SMILES string of the molecule is Cc1cccc(C(C)C)c1NC(=O)[C@H](C)Sc1nnc(-c2ccoc2C)n1C. The third-order valence-electron chi connectivity index (χ3n) is 4.76. The van der Waals surface area contributed by atoms with Crippen LogP contribution >= 0.6 is 11.8 Å². The molecule has 7 heteroatoms. The summed E-state index contributed by atoms with van der Waals surface area (Å²) in [6, 6.07) is 7.97. The van der Waals surface area contributed by atoms with E-state index in [0.29, 0.717) is 11.1 Å². The van der Waals surface area contributed by atoms with Crippen LogP contribution in [0.25, 0.3) is 11.4 Å². The van der Waals surface area contributed by atoms with Crippen molar-refractivity contribution in [3.63, 3.8) is 0 Å². The van der Waals surface area contributed by atoms with Gasteiger partial charge in [0, 0.05) is 12.7 Å². The first-order valence-electron chi connectivity index (χ1n) is 9.30. The number of nitrogens with zero attached hydrogens (tertiary/aromatic N) is 3. The lowest BCUT2D eigenvalue weighted by Gasteiger charge is -2.18. The highest BCUT2D eigenvalue weighted by molar-refractivity contribution is 8.00. The maximum Gasteiger partial charge on any atom is 0.237 e. The molecule has 1 atom stereocenters. The molecule has 0 bridgehead atoms. The number of benzene rings is 1. The van der Waals surface area contributed by atoms with Crippen LogP contribution in [0.15, 0.2) is 40.1 Å². The largest absolute Gasteiger partial charge is 0.469 e. The minimum Gasteiger partial charge on any atom is -0.469 e. The summed E-state index contributed by atoms with van der Waals surface area (Å²) in [6.07, 6.45) is 1.64. The van der Waals surface area contributed by atoms with Crippen LogP contribution in [0.3, 0.4) is 0 Å². The molecule has 2 heterocycles. The van der Waals surface area contributed by atoms with Crippen LogP contribution in [0.1, 0.15) is 43.6 Å². The van der Waals surface area contributed by atoms with Gasteiger partial charge in [0.25, 0.3) is 0 Å².